The number of benzene rings is 1. The quantitative estimate of drug-likeness (QED) is 0.212. The van der Waals surface area contributed by atoms with Crippen LogP contribution < -0.4 is 0 Å². The van der Waals surface area contributed by atoms with Gasteiger partial charge >= 0.3 is 5.97 Å². The summed E-state index contributed by atoms with van der Waals surface area (Å²) in [6, 6.07) is 8.15. The normalized spacial score (nSPS) is 14.1. The lowest BCUT2D eigenvalue weighted by atomic mass is 9.85. The molecule has 154 valence electrons. The fourth-order valence-electron chi connectivity index (χ4n) is 2.74. The van der Waals surface area contributed by atoms with Crippen LogP contribution in [0.1, 0.15) is 65.4 Å². The predicted molar refractivity (Wildman–Crippen MR) is 125 cm³/mol. The lowest BCUT2D eigenvalue weighted by Gasteiger charge is -2.39. The van der Waals surface area contributed by atoms with Crippen molar-refractivity contribution in [1.29, 1.82) is 0 Å². The predicted octanol–water partition coefficient (Wildman–Crippen LogP) is 6.77. The van der Waals surface area contributed by atoms with E-state index in [9.17, 15) is 4.79 Å². The molecule has 0 spiro atoms. The SMILES string of the molecule is COC(=O)C(CCCC(C)(C)CO[Si](C)(C)C(C)(C)C)c1cccc(I)c1. The Hall–Kier alpha value is -0.403. The summed E-state index contributed by atoms with van der Waals surface area (Å²) in [5, 5.41) is 0.226. The molecule has 5 heteroatoms. The van der Waals surface area contributed by atoms with Crippen LogP contribution in [0.5, 0.6) is 0 Å². The maximum Gasteiger partial charge on any atom is 0.313 e. The monoisotopic (exact) mass is 504 g/mol. The highest BCUT2D eigenvalue weighted by Gasteiger charge is 2.38. The van der Waals surface area contributed by atoms with Crippen molar-refractivity contribution >= 4 is 36.9 Å². The number of carbonyl (C=O) groups is 1. The van der Waals surface area contributed by atoms with Crippen molar-refractivity contribution in [1.82, 2.24) is 0 Å². The van der Waals surface area contributed by atoms with E-state index in [1.165, 1.54) is 7.11 Å². The molecule has 1 unspecified atom stereocenters. The number of carbonyl (C=O) groups excluding carboxylic acids is 1. The minimum Gasteiger partial charge on any atom is -0.469 e. The standard InChI is InChI=1S/C22H37IO3Si/c1-21(2,3)27(7,8)26-16-22(4,5)14-10-13-19(20(24)25-6)17-11-9-12-18(23)15-17/h9,11-12,15,19H,10,13-14,16H2,1-8H3. The van der Waals surface area contributed by atoms with Gasteiger partial charge in [0.05, 0.1) is 13.0 Å². The second kappa shape index (κ2) is 9.88. The molecule has 0 bridgehead atoms. The average Bonchev–Trinajstić information content (AvgIpc) is 2.55. The van der Waals surface area contributed by atoms with E-state index < -0.39 is 8.32 Å². The van der Waals surface area contributed by atoms with Gasteiger partial charge in [-0.25, -0.2) is 0 Å². The summed E-state index contributed by atoms with van der Waals surface area (Å²) in [5.41, 5.74) is 1.14. The molecule has 0 saturated carbocycles. The van der Waals surface area contributed by atoms with Gasteiger partial charge in [-0.1, -0.05) is 53.2 Å². The molecule has 0 saturated heterocycles. The Morgan fingerprint density at radius 3 is 2.33 bits per heavy atom. The van der Waals surface area contributed by atoms with Crippen molar-refractivity contribution < 1.29 is 14.0 Å². The number of rotatable bonds is 9. The average molecular weight is 505 g/mol. The van der Waals surface area contributed by atoms with Crippen molar-refractivity contribution in [2.45, 2.75) is 77.9 Å². The van der Waals surface area contributed by atoms with E-state index in [0.717, 1.165) is 35.0 Å². The number of esters is 1. The number of ether oxygens (including phenoxy) is 1. The largest absolute Gasteiger partial charge is 0.469 e. The molecule has 0 aliphatic carbocycles. The summed E-state index contributed by atoms with van der Waals surface area (Å²) in [6.07, 6.45) is 2.80. The molecule has 27 heavy (non-hydrogen) atoms. The second-order valence-electron chi connectivity index (χ2n) is 9.74. The summed E-state index contributed by atoms with van der Waals surface area (Å²) in [4.78, 5) is 12.3. The van der Waals surface area contributed by atoms with Gasteiger partial charge in [-0.15, -0.1) is 0 Å². The van der Waals surface area contributed by atoms with E-state index in [2.05, 4.69) is 76.4 Å². The Morgan fingerprint density at radius 2 is 1.81 bits per heavy atom. The van der Waals surface area contributed by atoms with Crippen LogP contribution in [0.3, 0.4) is 0 Å². The molecule has 1 aromatic rings. The fourth-order valence-corrected chi connectivity index (χ4v) is 4.49. The molecule has 0 aliphatic heterocycles. The molecule has 0 amide bonds. The summed E-state index contributed by atoms with van der Waals surface area (Å²) in [5.74, 6) is -0.339. The van der Waals surface area contributed by atoms with E-state index >= 15 is 0 Å². The first-order chi connectivity index (χ1) is 12.3. The van der Waals surface area contributed by atoms with Crippen LogP contribution in [0.4, 0.5) is 0 Å². The minimum absolute atomic E-state index is 0.0985. The molecule has 0 radical (unpaired) electrons. The van der Waals surface area contributed by atoms with Gasteiger partial charge in [0.1, 0.15) is 0 Å². The first-order valence-electron chi connectivity index (χ1n) is 9.76. The fraction of sp³-hybridized carbons (Fsp3) is 0.682. The maximum atomic E-state index is 12.3. The molecule has 0 heterocycles. The highest BCUT2D eigenvalue weighted by Crippen LogP contribution is 2.38. The Labute approximate surface area is 180 Å². The highest BCUT2D eigenvalue weighted by atomic mass is 127. The maximum absolute atomic E-state index is 12.3. The number of halogens is 1. The molecule has 1 aromatic carbocycles. The molecule has 0 N–H and O–H groups in total. The summed E-state index contributed by atoms with van der Waals surface area (Å²) >= 11 is 2.28. The van der Waals surface area contributed by atoms with Crippen LogP contribution >= 0.6 is 22.6 Å². The summed E-state index contributed by atoms with van der Waals surface area (Å²) in [7, 11) is -0.261. The zero-order chi connectivity index (χ0) is 20.9. The van der Waals surface area contributed by atoms with Crippen molar-refractivity contribution in [3.63, 3.8) is 0 Å². The van der Waals surface area contributed by atoms with E-state index in [0.29, 0.717) is 0 Å². The first kappa shape index (κ1) is 24.6. The molecular formula is C22H37IO3Si. The van der Waals surface area contributed by atoms with Gasteiger partial charge in [0.2, 0.25) is 0 Å². The Balaban J connectivity index is 2.67. The van der Waals surface area contributed by atoms with Gasteiger partial charge in [-0.05, 0) is 76.7 Å². The topological polar surface area (TPSA) is 35.5 Å². The molecule has 0 aromatic heterocycles. The van der Waals surface area contributed by atoms with Gasteiger partial charge in [0.15, 0.2) is 8.32 Å². The van der Waals surface area contributed by atoms with Gasteiger partial charge in [0.25, 0.3) is 0 Å². The van der Waals surface area contributed by atoms with Gasteiger partial charge in [0, 0.05) is 10.2 Å². The molecule has 0 aliphatic rings. The summed E-state index contributed by atoms with van der Waals surface area (Å²) < 4.78 is 12.6. The number of hydrogen-bond donors (Lipinski definition) is 0. The van der Waals surface area contributed by atoms with Crippen molar-refractivity contribution in [2.24, 2.45) is 5.41 Å². The molecule has 1 rings (SSSR count). The van der Waals surface area contributed by atoms with Crippen LogP contribution in [0.2, 0.25) is 18.1 Å². The van der Waals surface area contributed by atoms with Crippen LogP contribution in [0.25, 0.3) is 0 Å². The van der Waals surface area contributed by atoms with Crippen molar-refractivity contribution in [2.75, 3.05) is 13.7 Å². The molecule has 3 nitrogen and oxygen atoms in total. The lowest BCUT2D eigenvalue weighted by molar-refractivity contribution is -0.142. The third kappa shape index (κ3) is 7.85. The van der Waals surface area contributed by atoms with Crippen LogP contribution in [0, 0.1) is 8.99 Å². The van der Waals surface area contributed by atoms with E-state index in [1.54, 1.807) is 0 Å². The van der Waals surface area contributed by atoms with Crippen molar-refractivity contribution in [3.8, 4) is 0 Å². The van der Waals surface area contributed by atoms with Crippen LogP contribution in [-0.2, 0) is 14.0 Å². The van der Waals surface area contributed by atoms with Crippen molar-refractivity contribution in [3.05, 3.63) is 33.4 Å². The number of hydrogen-bond acceptors (Lipinski definition) is 3. The zero-order valence-corrected chi connectivity index (χ0v) is 21.5. The van der Waals surface area contributed by atoms with Gasteiger partial charge in [-0.3, -0.25) is 4.79 Å². The zero-order valence-electron chi connectivity index (χ0n) is 18.3. The molecule has 0 fully saturated rings. The van der Waals surface area contributed by atoms with Gasteiger partial charge < -0.3 is 9.16 Å². The summed E-state index contributed by atoms with van der Waals surface area (Å²) in [6.45, 7) is 16.7. The smallest absolute Gasteiger partial charge is 0.313 e. The van der Waals surface area contributed by atoms with Crippen LogP contribution in [0.15, 0.2) is 24.3 Å². The Kier molecular flexibility index (Phi) is 9.01. The molecular weight excluding hydrogens is 467 g/mol. The lowest BCUT2D eigenvalue weighted by Crippen LogP contribution is -2.43. The van der Waals surface area contributed by atoms with Crippen LogP contribution in [-0.4, -0.2) is 28.0 Å². The van der Waals surface area contributed by atoms with Gasteiger partial charge in [-0.2, -0.15) is 0 Å². The number of methoxy groups -OCH3 is 1. The Bertz CT molecular complexity index is 620. The first-order valence-corrected chi connectivity index (χ1v) is 13.7. The second-order valence-corrected chi connectivity index (χ2v) is 15.8. The van der Waals surface area contributed by atoms with E-state index in [1.807, 2.05) is 18.2 Å². The minimum atomic E-state index is -1.73. The third-order valence-electron chi connectivity index (χ3n) is 5.71. The Morgan fingerprint density at radius 1 is 1.19 bits per heavy atom. The molecule has 1 atom stereocenters. The van der Waals surface area contributed by atoms with E-state index in [4.69, 9.17) is 9.16 Å². The third-order valence-corrected chi connectivity index (χ3v) is 10.9. The highest BCUT2D eigenvalue weighted by molar-refractivity contribution is 14.1. The van der Waals surface area contributed by atoms with E-state index in [-0.39, 0.29) is 22.3 Å².